The smallest absolute Gasteiger partial charge is 0.302 e. The Kier molecular flexibility index (Phi) is 4.09. The minimum atomic E-state index is -4.59. The van der Waals surface area contributed by atoms with Crippen molar-refractivity contribution in [2.75, 3.05) is 12.9 Å². The summed E-state index contributed by atoms with van der Waals surface area (Å²) in [6, 6.07) is 2.38. The molecule has 0 amide bonds. The third-order valence-electron chi connectivity index (χ3n) is 1.90. The van der Waals surface area contributed by atoms with Crippen LogP contribution in [-0.2, 0) is 16.6 Å². The minimum absolute atomic E-state index is 0.101. The molecule has 0 aliphatic heterocycles. The predicted octanol–water partition coefficient (Wildman–Crippen LogP) is 2.33. The standard InChI is InChI=1S/C9H9ClF2O3S/c1-15-9-6(2-3-16(12,13)14)4-7(10)5-8(9)11/h4-5H,2-3H2,1H3. The van der Waals surface area contributed by atoms with Gasteiger partial charge in [0, 0.05) is 5.02 Å². The van der Waals surface area contributed by atoms with Crippen molar-refractivity contribution in [3.63, 3.8) is 0 Å². The van der Waals surface area contributed by atoms with E-state index in [9.17, 15) is 16.7 Å². The lowest BCUT2D eigenvalue weighted by atomic mass is 10.1. The molecule has 1 aromatic rings. The van der Waals surface area contributed by atoms with Gasteiger partial charge in [-0.2, -0.15) is 8.42 Å². The normalized spacial score (nSPS) is 11.5. The van der Waals surface area contributed by atoms with Crippen LogP contribution in [0.25, 0.3) is 0 Å². The summed E-state index contributed by atoms with van der Waals surface area (Å²) in [5.74, 6) is -1.56. The van der Waals surface area contributed by atoms with E-state index in [2.05, 4.69) is 0 Å². The van der Waals surface area contributed by atoms with E-state index in [-0.39, 0.29) is 22.8 Å². The fraction of sp³-hybridized carbons (Fsp3) is 0.333. The second-order valence-electron chi connectivity index (χ2n) is 3.07. The van der Waals surface area contributed by atoms with Gasteiger partial charge >= 0.3 is 10.2 Å². The number of benzene rings is 1. The summed E-state index contributed by atoms with van der Waals surface area (Å²) in [5, 5.41) is 0.101. The van der Waals surface area contributed by atoms with Crippen LogP contribution in [-0.4, -0.2) is 21.3 Å². The molecule has 0 radical (unpaired) electrons. The summed E-state index contributed by atoms with van der Waals surface area (Å²) < 4.78 is 51.0. The van der Waals surface area contributed by atoms with E-state index >= 15 is 0 Å². The second kappa shape index (κ2) is 4.97. The van der Waals surface area contributed by atoms with E-state index in [0.717, 1.165) is 6.07 Å². The fourth-order valence-electron chi connectivity index (χ4n) is 1.26. The predicted molar refractivity (Wildman–Crippen MR) is 56.6 cm³/mol. The molecular weight excluding hydrogens is 262 g/mol. The summed E-state index contributed by atoms with van der Waals surface area (Å²) >= 11 is 5.59. The lowest BCUT2D eigenvalue weighted by Crippen LogP contribution is -2.04. The van der Waals surface area contributed by atoms with Crippen LogP contribution in [0.15, 0.2) is 12.1 Å². The van der Waals surface area contributed by atoms with Crippen molar-refractivity contribution in [3.05, 3.63) is 28.5 Å². The van der Waals surface area contributed by atoms with Crippen LogP contribution in [0.2, 0.25) is 5.02 Å². The van der Waals surface area contributed by atoms with E-state index < -0.39 is 21.8 Å². The molecule has 0 aliphatic rings. The van der Waals surface area contributed by atoms with Gasteiger partial charge in [0.15, 0.2) is 11.6 Å². The first-order chi connectivity index (χ1) is 7.33. The Morgan fingerprint density at radius 2 is 2.06 bits per heavy atom. The molecule has 3 nitrogen and oxygen atoms in total. The maximum Gasteiger partial charge on any atom is 0.302 e. The molecule has 0 saturated heterocycles. The molecule has 0 aliphatic carbocycles. The van der Waals surface area contributed by atoms with Crippen molar-refractivity contribution in [1.29, 1.82) is 0 Å². The summed E-state index contributed by atoms with van der Waals surface area (Å²) in [5.41, 5.74) is 0.216. The molecule has 90 valence electrons. The number of halogens is 3. The molecular formula is C9H9ClF2O3S. The van der Waals surface area contributed by atoms with Gasteiger partial charge in [0.1, 0.15) is 0 Å². The van der Waals surface area contributed by atoms with Crippen LogP contribution in [0, 0.1) is 5.82 Å². The van der Waals surface area contributed by atoms with Crippen LogP contribution in [0.4, 0.5) is 8.28 Å². The first-order valence-corrected chi connectivity index (χ1v) is 6.21. The van der Waals surface area contributed by atoms with Crippen molar-refractivity contribution in [2.24, 2.45) is 0 Å². The third kappa shape index (κ3) is 3.61. The van der Waals surface area contributed by atoms with Crippen molar-refractivity contribution < 1.29 is 21.4 Å². The Bertz CT molecular complexity index is 488. The third-order valence-corrected chi connectivity index (χ3v) is 2.81. The number of aryl methyl sites for hydroxylation is 1. The highest BCUT2D eigenvalue weighted by atomic mass is 35.5. The van der Waals surface area contributed by atoms with Crippen molar-refractivity contribution in [3.8, 4) is 5.75 Å². The van der Waals surface area contributed by atoms with Crippen LogP contribution in [0.5, 0.6) is 5.75 Å². The molecule has 16 heavy (non-hydrogen) atoms. The highest BCUT2D eigenvalue weighted by Crippen LogP contribution is 2.27. The lowest BCUT2D eigenvalue weighted by Gasteiger charge is -2.09. The van der Waals surface area contributed by atoms with Gasteiger partial charge in [-0.1, -0.05) is 11.6 Å². The lowest BCUT2D eigenvalue weighted by molar-refractivity contribution is 0.382. The van der Waals surface area contributed by atoms with Gasteiger partial charge < -0.3 is 4.74 Å². The van der Waals surface area contributed by atoms with Gasteiger partial charge in [-0.25, -0.2) is 4.39 Å². The fourth-order valence-corrected chi connectivity index (χ4v) is 1.95. The Hall–Kier alpha value is -0.880. The van der Waals surface area contributed by atoms with Gasteiger partial charge in [0.2, 0.25) is 0 Å². The van der Waals surface area contributed by atoms with Gasteiger partial charge in [-0.05, 0) is 24.1 Å². The van der Waals surface area contributed by atoms with Crippen LogP contribution < -0.4 is 4.74 Å². The molecule has 0 spiro atoms. The molecule has 0 aromatic heterocycles. The van der Waals surface area contributed by atoms with Gasteiger partial charge in [0.25, 0.3) is 0 Å². The highest BCUT2D eigenvalue weighted by molar-refractivity contribution is 7.86. The maximum atomic E-state index is 13.3. The zero-order chi connectivity index (χ0) is 12.3. The van der Waals surface area contributed by atoms with Crippen molar-refractivity contribution in [2.45, 2.75) is 6.42 Å². The average Bonchev–Trinajstić information content (AvgIpc) is 2.12. The summed E-state index contributed by atoms with van der Waals surface area (Å²) in [6.07, 6.45) is -0.195. The van der Waals surface area contributed by atoms with E-state index in [4.69, 9.17) is 16.3 Å². The largest absolute Gasteiger partial charge is 0.493 e. The Labute approximate surface area is 97.2 Å². The molecule has 0 bridgehead atoms. The molecule has 0 N–H and O–H groups in total. The number of ether oxygens (including phenoxy) is 1. The number of hydrogen-bond acceptors (Lipinski definition) is 3. The van der Waals surface area contributed by atoms with E-state index in [1.807, 2.05) is 0 Å². The molecule has 0 atom stereocenters. The highest BCUT2D eigenvalue weighted by Gasteiger charge is 2.14. The SMILES string of the molecule is COc1c(F)cc(Cl)cc1CCS(=O)(=O)F. The van der Waals surface area contributed by atoms with Gasteiger partial charge in [0.05, 0.1) is 12.9 Å². The quantitative estimate of drug-likeness (QED) is 0.789. The van der Waals surface area contributed by atoms with Gasteiger partial charge in [-0.15, -0.1) is 3.89 Å². The summed E-state index contributed by atoms with van der Waals surface area (Å²) in [7, 11) is -3.36. The topological polar surface area (TPSA) is 43.4 Å². The number of rotatable bonds is 4. The van der Waals surface area contributed by atoms with Crippen molar-refractivity contribution >= 4 is 21.8 Å². The first kappa shape index (κ1) is 13.2. The molecule has 0 fully saturated rings. The molecule has 1 rings (SSSR count). The molecule has 0 unspecified atom stereocenters. The van der Waals surface area contributed by atoms with Crippen molar-refractivity contribution in [1.82, 2.24) is 0 Å². The van der Waals surface area contributed by atoms with E-state index in [1.54, 1.807) is 0 Å². The number of hydrogen-bond donors (Lipinski definition) is 0. The Morgan fingerprint density at radius 1 is 1.44 bits per heavy atom. The van der Waals surface area contributed by atoms with Crippen LogP contribution >= 0.6 is 11.6 Å². The zero-order valence-corrected chi connectivity index (χ0v) is 9.91. The Balaban J connectivity index is 3.03. The van der Waals surface area contributed by atoms with Crippen LogP contribution in [0.1, 0.15) is 5.56 Å². The maximum absolute atomic E-state index is 13.3. The van der Waals surface area contributed by atoms with E-state index in [1.165, 1.54) is 13.2 Å². The average molecular weight is 271 g/mol. The zero-order valence-electron chi connectivity index (χ0n) is 8.34. The monoisotopic (exact) mass is 270 g/mol. The first-order valence-electron chi connectivity index (χ1n) is 4.27. The molecule has 0 heterocycles. The molecule has 7 heteroatoms. The van der Waals surface area contributed by atoms with E-state index in [0.29, 0.717) is 0 Å². The van der Waals surface area contributed by atoms with Gasteiger partial charge in [-0.3, -0.25) is 0 Å². The molecule has 1 aromatic carbocycles. The summed E-state index contributed by atoms with van der Waals surface area (Å²) in [6.45, 7) is 0. The Morgan fingerprint density at radius 3 is 2.56 bits per heavy atom. The minimum Gasteiger partial charge on any atom is -0.493 e. The van der Waals surface area contributed by atoms with Crippen LogP contribution in [0.3, 0.4) is 0 Å². The summed E-state index contributed by atoms with van der Waals surface area (Å²) in [4.78, 5) is 0. The number of methoxy groups -OCH3 is 1. The molecule has 0 saturated carbocycles. The second-order valence-corrected chi connectivity index (χ2v) is 5.00.